The first kappa shape index (κ1) is 16.1. The second-order valence-corrected chi connectivity index (χ2v) is 5.57. The fourth-order valence-electron chi connectivity index (χ4n) is 2.30. The summed E-state index contributed by atoms with van der Waals surface area (Å²) in [5.41, 5.74) is -0.704. The zero-order valence-electron chi connectivity index (χ0n) is 12.2. The topological polar surface area (TPSA) is 44.0 Å². The Kier molecular flexibility index (Phi) is 4.31. The van der Waals surface area contributed by atoms with Crippen LogP contribution in [0, 0.1) is 11.6 Å². The van der Waals surface area contributed by atoms with Crippen molar-refractivity contribution in [1.29, 1.82) is 0 Å². The minimum atomic E-state index is -1.01. The monoisotopic (exact) mass is 348 g/mol. The summed E-state index contributed by atoms with van der Waals surface area (Å²) >= 11 is 5.89. The third kappa shape index (κ3) is 3.14. The lowest BCUT2D eigenvalue weighted by atomic mass is 10.2. The van der Waals surface area contributed by atoms with E-state index in [2.05, 4.69) is 0 Å². The number of nitrogens with zero attached hydrogens (tertiary/aromatic N) is 2. The quantitative estimate of drug-likeness (QED) is 0.683. The molecule has 1 aromatic heterocycles. The van der Waals surface area contributed by atoms with Gasteiger partial charge in [-0.3, -0.25) is 14.2 Å². The lowest BCUT2D eigenvalue weighted by Crippen LogP contribution is -2.40. The van der Waals surface area contributed by atoms with Crippen molar-refractivity contribution < 1.29 is 8.78 Å². The van der Waals surface area contributed by atoms with Crippen LogP contribution >= 0.6 is 11.6 Å². The maximum absolute atomic E-state index is 13.2. The highest BCUT2D eigenvalue weighted by Crippen LogP contribution is 2.13. The summed E-state index contributed by atoms with van der Waals surface area (Å²) in [5.74, 6) is -1.98. The molecule has 24 heavy (non-hydrogen) atoms. The van der Waals surface area contributed by atoms with E-state index in [0.29, 0.717) is 16.3 Å². The Morgan fingerprint density at radius 3 is 2.42 bits per heavy atom. The van der Waals surface area contributed by atoms with E-state index in [4.69, 9.17) is 11.6 Å². The Bertz CT molecular complexity index is 1030. The fraction of sp³-hybridized carbons (Fsp3) is 0.0588. The van der Waals surface area contributed by atoms with Gasteiger partial charge in [-0.15, -0.1) is 0 Å². The molecular formula is C17H11ClF2N2O2. The third-order valence-corrected chi connectivity index (χ3v) is 3.72. The molecule has 0 aliphatic carbocycles. The van der Waals surface area contributed by atoms with E-state index in [0.717, 1.165) is 16.7 Å². The second-order valence-electron chi connectivity index (χ2n) is 5.13. The summed E-state index contributed by atoms with van der Waals surface area (Å²) in [6.07, 6.45) is 2.83. The van der Waals surface area contributed by atoms with E-state index in [-0.39, 0.29) is 6.54 Å². The summed E-state index contributed by atoms with van der Waals surface area (Å²) in [6.45, 7) is -0.0400. The molecule has 2 aromatic carbocycles. The van der Waals surface area contributed by atoms with Crippen molar-refractivity contribution in [3.63, 3.8) is 0 Å². The van der Waals surface area contributed by atoms with Crippen LogP contribution in [0.25, 0.3) is 5.69 Å². The van der Waals surface area contributed by atoms with Crippen LogP contribution in [0.2, 0.25) is 5.02 Å². The van der Waals surface area contributed by atoms with E-state index < -0.39 is 22.8 Å². The normalized spacial score (nSPS) is 10.8. The van der Waals surface area contributed by atoms with Gasteiger partial charge in [0.25, 0.3) is 0 Å². The van der Waals surface area contributed by atoms with Crippen LogP contribution in [0.1, 0.15) is 5.56 Å². The van der Waals surface area contributed by atoms with Crippen LogP contribution in [0.15, 0.2) is 64.4 Å². The number of hydrogen-bond donors (Lipinski definition) is 0. The number of halogens is 3. The molecule has 1 heterocycles. The average molecular weight is 349 g/mol. The molecule has 0 bridgehead atoms. The summed E-state index contributed by atoms with van der Waals surface area (Å²) < 4.78 is 28.5. The molecule has 4 nitrogen and oxygen atoms in total. The molecule has 0 amide bonds. The largest absolute Gasteiger partial charge is 0.320 e. The Morgan fingerprint density at radius 2 is 1.71 bits per heavy atom. The standard InChI is InChI=1S/C17H11ClF2N2O2/c18-12-2-1-3-13(9-12)22-7-6-21(16(23)17(22)24)10-11-4-5-14(19)15(20)8-11/h1-9H,10H2. The molecule has 7 heteroatoms. The molecule has 0 atom stereocenters. The van der Waals surface area contributed by atoms with Crippen LogP contribution in [0.5, 0.6) is 0 Å². The first-order valence-electron chi connectivity index (χ1n) is 6.97. The maximum Gasteiger partial charge on any atom is 0.320 e. The van der Waals surface area contributed by atoms with Crippen LogP contribution in [0.4, 0.5) is 8.78 Å². The fourth-order valence-corrected chi connectivity index (χ4v) is 2.48. The molecule has 0 radical (unpaired) electrons. The molecule has 0 saturated carbocycles. The van der Waals surface area contributed by atoms with Gasteiger partial charge in [-0.1, -0.05) is 23.7 Å². The zero-order chi connectivity index (χ0) is 17.3. The van der Waals surface area contributed by atoms with E-state index in [1.54, 1.807) is 24.3 Å². The third-order valence-electron chi connectivity index (χ3n) is 3.48. The van der Waals surface area contributed by atoms with Crippen LogP contribution in [-0.2, 0) is 6.54 Å². The van der Waals surface area contributed by atoms with Crippen molar-refractivity contribution >= 4 is 11.6 Å². The van der Waals surface area contributed by atoms with Gasteiger partial charge in [0, 0.05) is 17.4 Å². The van der Waals surface area contributed by atoms with Gasteiger partial charge >= 0.3 is 11.1 Å². The second kappa shape index (κ2) is 6.41. The Morgan fingerprint density at radius 1 is 0.917 bits per heavy atom. The van der Waals surface area contributed by atoms with Gasteiger partial charge in [0.2, 0.25) is 0 Å². The van der Waals surface area contributed by atoms with Gasteiger partial charge < -0.3 is 4.57 Å². The predicted octanol–water partition coefficient (Wildman–Crippen LogP) is 2.98. The molecule has 0 aliphatic heterocycles. The highest BCUT2D eigenvalue weighted by molar-refractivity contribution is 6.30. The van der Waals surface area contributed by atoms with Crippen molar-refractivity contribution in [3.05, 3.63) is 97.8 Å². The summed E-state index contributed by atoms with van der Waals surface area (Å²) in [5, 5.41) is 0.436. The molecule has 0 spiro atoms. The lowest BCUT2D eigenvalue weighted by Gasteiger charge is -2.09. The number of benzene rings is 2. The molecular weight excluding hydrogens is 338 g/mol. The van der Waals surface area contributed by atoms with Gasteiger partial charge in [0.15, 0.2) is 11.6 Å². The summed E-state index contributed by atoms with van der Waals surface area (Å²) in [4.78, 5) is 24.5. The highest BCUT2D eigenvalue weighted by Gasteiger charge is 2.09. The van der Waals surface area contributed by atoms with Gasteiger partial charge in [0.1, 0.15) is 0 Å². The minimum absolute atomic E-state index is 0.0400. The zero-order valence-corrected chi connectivity index (χ0v) is 13.0. The first-order chi connectivity index (χ1) is 11.5. The molecule has 0 saturated heterocycles. The predicted molar refractivity (Wildman–Crippen MR) is 86.8 cm³/mol. The van der Waals surface area contributed by atoms with Gasteiger partial charge in [-0.2, -0.15) is 0 Å². The number of hydrogen-bond acceptors (Lipinski definition) is 2. The summed E-state index contributed by atoms with van der Waals surface area (Å²) in [6, 6.07) is 9.84. The van der Waals surface area contributed by atoms with E-state index in [1.165, 1.54) is 23.0 Å². The summed E-state index contributed by atoms with van der Waals surface area (Å²) in [7, 11) is 0. The Hall–Kier alpha value is -2.73. The lowest BCUT2D eigenvalue weighted by molar-refractivity contribution is 0.506. The highest BCUT2D eigenvalue weighted by atomic mass is 35.5. The SMILES string of the molecule is O=c1c(=O)n(-c2cccc(Cl)c2)ccn1Cc1ccc(F)c(F)c1. The van der Waals surface area contributed by atoms with Crippen molar-refractivity contribution in [2.75, 3.05) is 0 Å². The van der Waals surface area contributed by atoms with Gasteiger partial charge in [-0.05, 0) is 35.9 Å². The minimum Gasteiger partial charge on any atom is -0.305 e. The number of rotatable bonds is 3. The van der Waals surface area contributed by atoms with Crippen molar-refractivity contribution in [3.8, 4) is 5.69 Å². The van der Waals surface area contributed by atoms with Crippen molar-refractivity contribution in [2.24, 2.45) is 0 Å². The Labute approximate surface area is 140 Å². The molecule has 3 rings (SSSR count). The molecule has 122 valence electrons. The molecule has 0 fully saturated rings. The molecule has 0 aliphatic rings. The van der Waals surface area contributed by atoms with Crippen LogP contribution < -0.4 is 11.1 Å². The molecule has 0 N–H and O–H groups in total. The average Bonchev–Trinajstić information content (AvgIpc) is 2.55. The number of aromatic nitrogens is 2. The molecule has 3 aromatic rings. The van der Waals surface area contributed by atoms with Crippen LogP contribution in [0.3, 0.4) is 0 Å². The van der Waals surface area contributed by atoms with E-state index in [1.807, 2.05) is 0 Å². The first-order valence-corrected chi connectivity index (χ1v) is 7.35. The molecule has 0 unspecified atom stereocenters. The van der Waals surface area contributed by atoms with Gasteiger partial charge in [0.05, 0.1) is 12.2 Å². The maximum atomic E-state index is 13.2. The Balaban J connectivity index is 2.00. The van der Waals surface area contributed by atoms with E-state index in [9.17, 15) is 18.4 Å². The van der Waals surface area contributed by atoms with Gasteiger partial charge in [-0.25, -0.2) is 8.78 Å². The van der Waals surface area contributed by atoms with Crippen molar-refractivity contribution in [1.82, 2.24) is 9.13 Å². The smallest absolute Gasteiger partial charge is 0.305 e. The van der Waals surface area contributed by atoms with Crippen molar-refractivity contribution in [2.45, 2.75) is 6.54 Å². The van der Waals surface area contributed by atoms with Crippen LogP contribution in [-0.4, -0.2) is 9.13 Å². The van der Waals surface area contributed by atoms with E-state index >= 15 is 0 Å².